The van der Waals surface area contributed by atoms with Gasteiger partial charge >= 0.3 is 6.18 Å². The molecule has 0 amide bonds. The van der Waals surface area contributed by atoms with E-state index in [2.05, 4.69) is 12.2 Å². The number of aliphatic hydroxyl groups is 1. The highest BCUT2D eigenvalue weighted by Crippen LogP contribution is 2.34. The molecule has 0 aliphatic heterocycles. The van der Waals surface area contributed by atoms with E-state index in [1.807, 2.05) is 0 Å². The summed E-state index contributed by atoms with van der Waals surface area (Å²) >= 11 is 0. The van der Waals surface area contributed by atoms with Crippen LogP contribution in [0, 0.1) is 5.41 Å². The van der Waals surface area contributed by atoms with E-state index in [4.69, 9.17) is 5.11 Å². The molecule has 96 valence electrons. The van der Waals surface area contributed by atoms with Gasteiger partial charge in [-0.3, -0.25) is 0 Å². The maximum atomic E-state index is 12.0. The largest absolute Gasteiger partial charge is 0.415 e. The Balaban J connectivity index is 2.24. The van der Waals surface area contributed by atoms with Crippen LogP contribution in [0.2, 0.25) is 0 Å². The molecule has 0 aromatic carbocycles. The second kappa shape index (κ2) is 5.36. The topological polar surface area (TPSA) is 32.3 Å². The van der Waals surface area contributed by atoms with Gasteiger partial charge in [-0.15, -0.1) is 0 Å². The second-order valence-electron chi connectivity index (χ2n) is 5.06. The summed E-state index contributed by atoms with van der Waals surface area (Å²) in [5, 5.41) is 11.5. The molecule has 0 aromatic heterocycles. The molecule has 0 spiro atoms. The summed E-state index contributed by atoms with van der Waals surface area (Å²) in [6.45, 7) is 2.25. The predicted octanol–water partition coefficient (Wildman–Crippen LogP) is 2.47. The van der Waals surface area contributed by atoms with Gasteiger partial charge in [0, 0.05) is 13.1 Å². The maximum absolute atomic E-state index is 12.0. The Morgan fingerprint density at radius 3 is 2.31 bits per heavy atom. The summed E-state index contributed by atoms with van der Waals surface area (Å²) in [5.74, 6) is 0. The van der Waals surface area contributed by atoms with Crippen LogP contribution in [-0.2, 0) is 0 Å². The first-order valence-corrected chi connectivity index (χ1v) is 5.79. The standard InChI is InChI=1S/C11H20F3NO/c1-10(5-3-2-4-6-10)8-15-7-9(16)11(12,13)14/h9,15-16H,2-8H2,1H3. The van der Waals surface area contributed by atoms with E-state index in [0.29, 0.717) is 6.54 Å². The molecule has 1 fully saturated rings. The summed E-state index contributed by atoms with van der Waals surface area (Å²) < 4.78 is 36.1. The minimum Gasteiger partial charge on any atom is -0.382 e. The van der Waals surface area contributed by atoms with Crippen LogP contribution in [-0.4, -0.2) is 30.5 Å². The summed E-state index contributed by atoms with van der Waals surface area (Å²) in [5.41, 5.74) is 0.101. The van der Waals surface area contributed by atoms with Gasteiger partial charge in [0.25, 0.3) is 0 Å². The lowest BCUT2D eigenvalue weighted by molar-refractivity contribution is -0.202. The van der Waals surface area contributed by atoms with Crippen LogP contribution in [0.25, 0.3) is 0 Å². The molecular formula is C11H20F3NO. The first kappa shape index (κ1) is 13.8. The monoisotopic (exact) mass is 239 g/mol. The van der Waals surface area contributed by atoms with E-state index in [-0.39, 0.29) is 5.41 Å². The van der Waals surface area contributed by atoms with Gasteiger partial charge in [0.1, 0.15) is 0 Å². The molecule has 0 heterocycles. The zero-order valence-electron chi connectivity index (χ0n) is 9.61. The van der Waals surface area contributed by atoms with Gasteiger partial charge in [0.15, 0.2) is 6.10 Å². The predicted molar refractivity (Wildman–Crippen MR) is 56.1 cm³/mol. The number of rotatable bonds is 4. The van der Waals surface area contributed by atoms with E-state index in [9.17, 15) is 13.2 Å². The van der Waals surface area contributed by atoms with Crippen LogP contribution < -0.4 is 5.32 Å². The second-order valence-corrected chi connectivity index (χ2v) is 5.06. The molecule has 0 saturated heterocycles. The van der Waals surface area contributed by atoms with E-state index in [1.165, 1.54) is 6.42 Å². The molecule has 1 atom stereocenters. The summed E-state index contributed by atoms with van der Waals surface area (Å²) in [7, 11) is 0. The summed E-state index contributed by atoms with van der Waals surface area (Å²) in [4.78, 5) is 0. The van der Waals surface area contributed by atoms with Crippen molar-refractivity contribution in [2.24, 2.45) is 5.41 Å². The summed E-state index contributed by atoms with van der Waals surface area (Å²) in [6.07, 6.45) is -1.12. The van der Waals surface area contributed by atoms with Crippen molar-refractivity contribution in [2.45, 2.75) is 51.3 Å². The molecule has 2 N–H and O–H groups in total. The first-order valence-electron chi connectivity index (χ1n) is 5.79. The molecule has 0 aromatic rings. The highest BCUT2D eigenvalue weighted by Gasteiger charge is 2.38. The Morgan fingerprint density at radius 1 is 1.25 bits per heavy atom. The van der Waals surface area contributed by atoms with Gasteiger partial charge in [-0.2, -0.15) is 13.2 Å². The zero-order valence-corrected chi connectivity index (χ0v) is 9.61. The number of halogens is 3. The van der Waals surface area contributed by atoms with Crippen LogP contribution in [0.15, 0.2) is 0 Å². The van der Waals surface area contributed by atoms with Gasteiger partial charge in [-0.1, -0.05) is 26.2 Å². The lowest BCUT2D eigenvalue weighted by Crippen LogP contribution is -2.42. The molecule has 1 aliphatic rings. The Hall–Kier alpha value is -0.290. The average molecular weight is 239 g/mol. The van der Waals surface area contributed by atoms with Crippen molar-refractivity contribution < 1.29 is 18.3 Å². The number of hydrogen-bond donors (Lipinski definition) is 2. The van der Waals surface area contributed by atoms with E-state index in [1.54, 1.807) is 0 Å². The molecule has 5 heteroatoms. The average Bonchev–Trinajstić information content (AvgIpc) is 2.17. The van der Waals surface area contributed by atoms with Gasteiger partial charge in [-0.25, -0.2) is 0 Å². The molecule has 0 radical (unpaired) electrons. The Morgan fingerprint density at radius 2 is 1.81 bits per heavy atom. The van der Waals surface area contributed by atoms with Crippen molar-refractivity contribution in [1.29, 1.82) is 0 Å². The quantitative estimate of drug-likeness (QED) is 0.790. The van der Waals surface area contributed by atoms with Crippen molar-refractivity contribution >= 4 is 0 Å². The van der Waals surface area contributed by atoms with Crippen molar-refractivity contribution in [2.75, 3.05) is 13.1 Å². The number of alkyl halides is 3. The lowest BCUT2D eigenvalue weighted by Gasteiger charge is -2.34. The van der Waals surface area contributed by atoms with Crippen LogP contribution in [0.5, 0.6) is 0 Å². The molecule has 0 bridgehead atoms. The molecule has 16 heavy (non-hydrogen) atoms. The third kappa shape index (κ3) is 4.29. The minimum absolute atomic E-state index is 0.101. The van der Waals surface area contributed by atoms with Crippen LogP contribution in [0.3, 0.4) is 0 Å². The van der Waals surface area contributed by atoms with Crippen LogP contribution in [0.1, 0.15) is 39.0 Å². The fourth-order valence-corrected chi connectivity index (χ4v) is 2.21. The fourth-order valence-electron chi connectivity index (χ4n) is 2.21. The SMILES string of the molecule is CC1(CNCC(O)C(F)(F)F)CCCCC1. The molecule has 2 nitrogen and oxygen atoms in total. The Bertz CT molecular complexity index is 212. The number of aliphatic hydroxyl groups excluding tert-OH is 1. The van der Waals surface area contributed by atoms with Gasteiger partial charge < -0.3 is 10.4 Å². The highest BCUT2D eigenvalue weighted by atomic mass is 19.4. The highest BCUT2D eigenvalue weighted by molar-refractivity contribution is 4.81. The van der Waals surface area contributed by atoms with Gasteiger partial charge in [0.2, 0.25) is 0 Å². The first-order chi connectivity index (χ1) is 7.33. The molecule has 1 aliphatic carbocycles. The van der Waals surface area contributed by atoms with E-state index >= 15 is 0 Å². The van der Waals surface area contributed by atoms with Gasteiger partial charge in [-0.05, 0) is 18.3 Å². The van der Waals surface area contributed by atoms with Crippen molar-refractivity contribution in [3.63, 3.8) is 0 Å². The number of nitrogens with one attached hydrogen (secondary N) is 1. The minimum atomic E-state index is -4.51. The third-order valence-corrected chi connectivity index (χ3v) is 3.33. The lowest BCUT2D eigenvalue weighted by atomic mass is 9.76. The van der Waals surface area contributed by atoms with Crippen LogP contribution >= 0.6 is 0 Å². The van der Waals surface area contributed by atoms with Crippen molar-refractivity contribution in [3.8, 4) is 0 Å². The van der Waals surface area contributed by atoms with Crippen molar-refractivity contribution in [1.82, 2.24) is 5.32 Å². The molecule has 1 saturated carbocycles. The maximum Gasteiger partial charge on any atom is 0.415 e. The molecule has 1 rings (SSSR count). The van der Waals surface area contributed by atoms with Crippen LogP contribution in [0.4, 0.5) is 13.2 Å². The third-order valence-electron chi connectivity index (χ3n) is 3.33. The van der Waals surface area contributed by atoms with E-state index in [0.717, 1.165) is 25.7 Å². The molecular weight excluding hydrogens is 219 g/mol. The Labute approximate surface area is 94.2 Å². The smallest absolute Gasteiger partial charge is 0.382 e. The number of hydrogen-bond acceptors (Lipinski definition) is 2. The van der Waals surface area contributed by atoms with E-state index < -0.39 is 18.8 Å². The zero-order chi connectivity index (χ0) is 12.2. The molecule has 1 unspecified atom stereocenters. The fraction of sp³-hybridized carbons (Fsp3) is 1.00. The summed E-state index contributed by atoms with van der Waals surface area (Å²) in [6, 6.07) is 0. The normalized spacial score (nSPS) is 23.1. The Kier molecular flexibility index (Phi) is 4.62. The van der Waals surface area contributed by atoms with Gasteiger partial charge in [0.05, 0.1) is 0 Å². The van der Waals surface area contributed by atoms with Crippen molar-refractivity contribution in [3.05, 3.63) is 0 Å².